The van der Waals surface area contributed by atoms with E-state index in [1.807, 2.05) is 0 Å². The summed E-state index contributed by atoms with van der Waals surface area (Å²) in [5.74, 6) is 1.85. The average Bonchev–Trinajstić information content (AvgIpc) is 3.09. The number of nitrogens with zero attached hydrogens (tertiary/aromatic N) is 1. The molecule has 2 nitrogen and oxygen atoms in total. The van der Waals surface area contributed by atoms with Gasteiger partial charge in [-0.05, 0) is 64.6 Å². The lowest BCUT2D eigenvalue weighted by Gasteiger charge is -2.26. The second-order valence-electron chi connectivity index (χ2n) is 5.68. The fourth-order valence-corrected chi connectivity index (χ4v) is 2.73. The Bertz CT molecular complexity index is 234. The van der Waals surface area contributed by atoms with Crippen LogP contribution in [0.2, 0.25) is 0 Å². The highest BCUT2D eigenvalue weighted by atomic mass is 35.5. The largest absolute Gasteiger partial charge is 0.315 e. The first-order valence-corrected chi connectivity index (χ1v) is 6.79. The zero-order chi connectivity index (χ0) is 11.4. The van der Waals surface area contributed by atoms with Gasteiger partial charge in [-0.15, -0.1) is 12.4 Å². The van der Waals surface area contributed by atoms with E-state index in [1.54, 1.807) is 0 Å². The third-order valence-electron chi connectivity index (χ3n) is 3.99. The zero-order valence-corrected chi connectivity index (χ0v) is 12.0. The van der Waals surface area contributed by atoms with E-state index in [1.165, 1.54) is 45.2 Å². The molecule has 0 heterocycles. The third-order valence-corrected chi connectivity index (χ3v) is 3.99. The molecule has 1 fully saturated rings. The molecule has 0 aromatic heterocycles. The zero-order valence-electron chi connectivity index (χ0n) is 11.2. The van der Waals surface area contributed by atoms with Gasteiger partial charge in [0.05, 0.1) is 0 Å². The Morgan fingerprint density at radius 3 is 2.53 bits per heavy atom. The predicted molar refractivity (Wildman–Crippen MR) is 76.8 cm³/mol. The Hall–Kier alpha value is -0.0500. The van der Waals surface area contributed by atoms with E-state index in [-0.39, 0.29) is 12.4 Å². The molecule has 0 bridgehead atoms. The fourth-order valence-electron chi connectivity index (χ4n) is 2.73. The number of likely N-dealkylation sites (N-methyl/N-ethyl adjacent to an activating group) is 1. The quantitative estimate of drug-likeness (QED) is 0.737. The van der Waals surface area contributed by atoms with E-state index in [0.717, 1.165) is 17.9 Å². The molecule has 0 saturated heterocycles. The van der Waals surface area contributed by atoms with E-state index in [4.69, 9.17) is 0 Å². The van der Waals surface area contributed by atoms with Crippen molar-refractivity contribution >= 4 is 12.4 Å². The summed E-state index contributed by atoms with van der Waals surface area (Å²) in [7, 11) is 4.43. The summed E-state index contributed by atoms with van der Waals surface area (Å²) in [6, 6.07) is 0.763. The molecule has 0 spiro atoms. The van der Waals surface area contributed by atoms with Gasteiger partial charge in [-0.25, -0.2) is 0 Å². The first-order valence-electron chi connectivity index (χ1n) is 6.79. The van der Waals surface area contributed by atoms with Crippen LogP contribution in [0.5, 0.6) is 0 Å². The van der Waals surface area contributed by atoms with Gasteiger partial charge in [-0.1, -0.05) is 12.2 Å². The SMILES string of the molecule is CN(C)C(CNCC1CC=CCC1)C1CC1.Cl. The van der Waals surface area contributed by atoms with Crippen molar-refractivity contribution in [2.45, 2.75) is 38.1 Å². The van der Waals surface area contributed by atoms with Crippen molar-refractivity contribution in [3.8, 4) is 0 Å². The van der Waals surface area contributed by atoms with Crippen LogP contribution in [0.1, 0.15) is 32.1 Å². The highest BCUT2D eigenvalue weighted by Gasteiger charge is 2.32. The molecule has 1 saturated carbocycles. The van der Waals surface area contributed by atoms with Crippen LogP contribution in [0.4, 0.5) is 0 Å². The molecule has 0 aliphatic heterocycles. The van der Waals surface area contributed by atoms with Crippen LogP contribution in [0, 0.1) is 11.8 Å². The number of halogens is 1. The van der Waals surface area contributed by atoms with Crippen molar-refractivity contribution in [2.24, 2.45) is 11.8 Å². The van der Waals surface area contributed by atoms with Crippen molar-refractivity contribution in [3.63, 3.8) is 0 Å². The van der Waals surface area contributed by atoms with E-state index in [0.29, 0.717) is 0 Å². The molecule has 2 aliphatic carbocycles. The van der Waals surface area contributed by atoms with Crippen LogP contribution in [-0.4, -0.2) is 38.1 Å². The van der Waals surface area contributed by atoms with Crippen molar-refractivity contribution < 1.29 is 0 Å². The number of hydrogen-bond donors (Lipinski definition) is 1. The van der Waals surface area contributed by atoms with Gasteiger partial charge >= 0.3 is 0 Å². The summed E-state index contributed by atoms with van der Waals surface area (Å²) in [4.78, 5) is 2.39. The van der Waals surface area contributed by atoms with Crippen molar-refractivity contribution in [3.05, 3.63) is 12.2 Å². The molecular formula is C14H27ClN2. The lowest BCUT2D eigenvalue weighted by atomic mass is 9.94. The Labute approximate surface area is 112 Å². The maximum Gasteiger partial charge on any atom is 0.0242 e. The van der Waals surface area contributed by atoms with Crippen molar-refractivity contribution in [2.75, 3.05) is 27.2 Å². The molecule has 3 heteroatoms. The molecule has 0 aromatic rings. The first-order chi connectivity index (χ1) is 7.77. The minimum absolute atomic E-state index is 0. The topological polar surface area (TPSA) is 15.3 Å². The van der Waals surface area contributed by atoms with Gasteiger partial charge in [-0.3, -0.25) is 0 Å². The van der Waals surface area contributed by atoms with E-state index in [9.17, 15) is 0 Å². The Kier molecular flexibility index (Phi) is 6.53. The van der Waals surface area contributed by atoms with Crippen LogP contribution in [0.3, 0.4) is 0 Å². The van der Waals surface area contributed by atoms with E-state index >= 15 is 0 Å². The van der Waals surface area contributed by atoms with Gasteiger partial charge in [0.25, 0.3) is 0 Å². The highest BCUT2D eigenvalue weighted by molar-refractivity contribution is 5.85. The molecule has 2 aliphatic rings. The molecule has 17 heavy (non-hydrogen) atoms. The fraction of sp³-hybridized carbons (Fsp3) is 0.857. The Morgan fingerprint density at radius 2 is 2.00 bits per heavy atom. The molecule has 2 atom stereocenters. The smallest absolute Gasteiger partial charge is 0.0242 e. The summed E-state index contributed by atoms with van der Waals surface area (Å²) < 4.78 is 0. The van der Waals surface area contributed by atoms with Gasteiger partial charge in [-0.2, -0.15) is 0 Å². The summed E-state index contributed by atoms with van der Waals surface area (Å²) in [6.07, 6.45) is 11.5. The standard InChI is InChI=1S/C14H26N2.ClH/c1-16(2)14(13-8-9-13)11-15-10-12-6-4-3-5-7-12;/h3-4,12-15H,5-11H2,1-2H3;1H. The van der Waals surface area contributed by atoms with Gasteiger partial charge in [0.1, 0.15) is 0 Å². The molecule has 100 valence electrons. The molecular weight excluding hydrogens is 232 g/mol. The average molecular weight is 259 g/mol. The second-order valence-corrected chi connectivity index (χ2v) is 5.68. The first kappa shape index (κ1) is 15.0. The van der Waals surface area contributed by atoms with E-state index < -0.39 is 0 Å². The molecule has 0 amide bonds. The van der Waals surface area contributed by atoms with Crippen LogP contribution in [0.15, 0.2) is 12.2 Å². The monoisotopic (exact) mass is 258 g/mol. The number of rotatable bonds is 6. The van der Waals surface area contributed by atoms with Crippen LogP contribution < -0.4 is 5.32 Å². The summed E-state index contributed by atoms with van der Waals surface area (Å²) in [6.45, 7) is 2.39. The molecule has 1 N–H and O–H groups in total. The van der Waals surface area contributed by atoms with Crippen LogP contribution in [0.25, 0.3) is 0 Å². The summed E-state index contributed by atoms with van der Waals surface area (Å²) >= 11 is 0. The predicted octanol–water partition coefficient (Wildman–Crippen LogP) is 2.69. The molecule has 0 radical (unpaired) electrons. The van der Waals surface area contributed by atoms with Gasteiger partial charge in [0, 0.05) is 12.6 Å². The lowest BCUT2D eigenvalue weighted by Crippen LogP contribution is -2.41. The second kappa shape index (κ2) is 7.40. The van der Waals surface area contributed by atoms with E-state index in [2.05, 4.69) is 36.5 Å². The van der Waals surface area contributed by atoms with Crippen molar-refractivity contribution in [1.29, 1.82) is 0 Å². The summed E-state index contributed by atoms with van der Waals surface area (Å²) in [5.41, 5.74) is 0. The number of hydrogen-bond acceptors (Lipinski definition) is 2. The van der Waals surface area contributed by atoms with Gasteiger partial charge < -0.3 is 10.2 Å². The molecule has 2 rings (SSSR count). The molecule has 2 unspecified atom stereocenters. The maximum atomic E-state index is 3.68. The third kappa shape index (κ3) is 4.99. The minimum Gasteiger partial charge on any atom is -0.315 e. The number of nitrogens with one attached hydrogen (secondary N) is 1. The Balaban J connectivity index is 0.00000144. The highest BCUT2D eigenvalue weighted by Crippen LogP contribution is 2.34. The lowest BCUT2D eigenvalue weighted by molar-refractivity contribution is 0.251. The van der Waals surface area contributed by atoms with Crippen LogP contribution >= 0.6 is 12.4 Å². The molecule has 0 aromatic carbocycles. The van der Waals surface area contributed by atoms with Gasteiger partial charge in [0.15, 0.2) is 0 Å². The van der Waals surface area contributed by atoms with Gasteiger partial charge in [0.2, 0.25) is 0 Å². The summed E-state index contributed by atoms with van der Waals surface area (Å²) in [5, 5.41) is 3.68. The van der Waals surface area contributed by atoms with Crippen LogP contribution in [-0.2, 0) is 0 Å². The Morgan fingerprint density at radius 1 is 1.24 bits per heavy atom. The number of allylic oxidation sites excluding steroid dienone is 2. The minimum atomic E-state index is 0. The maximum absolute atomic E-state index is 3.68. The normalized spacial score (nSPS) is 25.7. The van der Waals surface area contributed by atoms with Crippen molar-refractivity contribution in [1.82, 2.24) is 10.2 Å².